The molecule has 184 valence electrons. The average molecular weight is 493 g/mol. The zero-order chi connectivity index (χ0) is 25.5. The summed E-state index contributed by atoms with van der Waals surface area (Å²) in [5.74, 6) is -0.108. The molecule has 0 saturated carbocycles. The monoisotopic (exact) mass is 492 g/mol. The largest absolute Gasteiger partial charge is 0.352 e. The van der Waals surface area contributed by atoms with Crippen molar-refractivity contribution in [2.45, 2.75) is 6.92 Å². The molecule has 6 aromatic rings. The summed E-state index contributed by atoms with van der Waals surface area (Å²) in [6, 6.07) is 7.76. The summed E-state index contributed by atoms with van der Waals surface area (Å²) in [6.07, 6.45) is 10.7. The maximum Gasteiger partial charge on any atom is 0.238 e. The Balaban J connectivity index is 1.38. The fraction of sp³-hybridized carbons (Fsp3) is 0.154. The first-order valence-electron chi connectivity index (χ1n) is 11.7. The molecule has 11 nitrogen and oxygen atoms in total. The zero-order valence-corrected chi connectivity index (χ0v) is 20.5. The molecule has 0 aliphatic heterocycles. The van der Waals surface area contributed by atoms with Crippen LogP contribution >= 0.6 is 0 Å². The van der Waals surface area contributed by atoms with Gasteiger partial charge < -0.3 is 19.8 Å². The standard InChI is InChI=1S/C26H24N10O/c1-15-12-36(14-29-15)23-11-28-10-22-18(23)7-21(31-22)26-25-20(33-34-26)5-4-19(32-25)16-6-17(9-27-8-16)30-24(37)13-35(2)3/h4-12,14,31H,13H2,1-3H3,(H,30,37)(H,33,34). The van der Waals surface area contributed by atoms with E-state index in [9.17, 15) is 4.79 Å². The quantitative estimate of drug-likeness (QED) is 0.324. The van der Waals surface area contributed by atoms with Gasteiger partial charge in [-0.1, -0.05) is 0 Å². The first-order valence-corrected chi connectivity index (χ1v) is 11.7. The van der Waals surface area contributed by atoms with Crippen LogP contribution in [0.25, 0.3) is 50.3 Å². The van der Waals surface area contributed by atoms with E-state index in [4.69, 9.17) is 4.98 Å². The number of hydrogen-bond acceptors (Lipinski definition) is 7. The van der Waals surface area contributed by atoms with Crippen molar-refractivity contribution in [1.29, 1.82) is 0 Å². The molecular weight excluding hydrogens is 468 g/mol. The van der Waals surface area contributed by atoms with Crippen molar-refractivity contribution in [3.05, 3.63) is 67.3 Å². The van der Waals surface area contributed by atoms with Crippen LogP contribution in [-0.2, 0) is 4.79 Å². The summed E-state index contributed by atoms with van der Waals surface area (Å²) < 4.78 is 1.96. The number of pyridine rings is 3. The van der Waals surface area contributed by atoms with E-state index in [-0.39, 0.29) is 12.5 Å². The number of aromatic nitrogens is 8. The van der Waals surface area contributed by atoms with E-state index in [1.165, 1.54) is 0 Å². The predicted molar refractivity (Wildman–Crippen MR) is 141 cm³/mol. The van der Waals surface area contributed by atoms with Crippen molar-refractivity contribution in [2.75, 3.05) is 26.0 Å². The number of rotatable bonds is 6. The maximum atomic E-state index is 12.2. The number of carbonyl (C=O) groups excluding carboxylic acids is 1. The second-order valence-corrected chi connectivity index (χ2v) is 9.14. The van der Waals surface area contributed by atoms with Crippen molar-refractivity contribution in [1.82, 2.24) is 44.6 Å². The second-order valence-electron chi connectivity index (χ2n) is 9.14. The highest BCUT2D eigenvalue weighted by Crippen LogP contribution is 2.31. The smallest absolute Gasteiger partial charge is 0.238 e. The van der Waals surface area contributed by atoms with Crippen LogP contribution in [0.5, 0.6) is 0 Å². The van der Waals surface area contributed by atoms with Gasteiger partial charge in [0.25, 0.3) is 0 Å². The molecule has 0 atom stereocenters. The Kier molecular flexibility index (Phi) is 5.46. The molecule has 37 heavy (non-hydrogen) atoms. The number of carbonyl (C=O) groups is 1. The summed E-state index contributed by atoms with van der Waals surface area (Å²) in [5, 5.41) is 11.5. The third-order valence-electron chi connectivity index (χ3n) is 5.95. The molecule has 0 spiro atoms. The number of aryl methyl sites for hydroxylation is 1. The molecule has 0 aliphatic rings. The van der Waals surface area contributed by atoms with E-state index in [1.807, 2.05) is 67.1 Å². The Hall–Kier alpha value is -4.90. The molecule has 6 rings (SSSR count). The van der Waals surface area contributed by atoms with E-state index in [1.54, 1.807) is 24.9 Å². The van der Waals surface area contributed by atoms with Crippen LogP contribution in [0, 0.1) is 6.92 Å². The number of likely N-dealkylation sites (N-methyl/N-ethyl adjacent to an activating group) is 1. The summed E-state index contributed by atoms with van der Waals surface area (Å²) in [7, 11) is 3.69. The van der Waals surface area contributed by atoms with Crippen LogP contribution < -0.4 is 5.32 Å². The van der Waals surface area contributed by atoms with Gasteiger partial charge in [0.2, 0.25) is 5.91 Å². The zero-order valence-electron chi connectivity index (χ0n) is 20.5. The molecule has 0 radical (unpaired) electrons. The number of hydrogen-bond donors (Lipinski definition) is 3. The van der Waals surface area contributed by atoms with Gasteiger partial charge in [-0.3, -0.25) is 19.9 Å². The molecule has 0 saturated heterocycles. The maximum absolute atomic E-state index is 12.2. The van der Waals surface area contributed by atoms with E-state index < -0.39 is 0 Å². The van der Waals surface area contributed by atoms with E-state index in [2.05, 4.69) is 35.5 Å². The van der Waals surface area contributed by atoms with Gasteiger partial charge in [-0.05, 0) is 45.3 Å². The third-order valence-corrected chi connectivity index (χ3v) is 5.95. The summed E-state index contributed by atoms with van der Waals surface area (Å²) in [5.41, 5.74) is 7.91. The molecule has 0 unspecified atom stereocenters. The Morgan fingerprint density at radius 3 is 2.76 bits per heavy atom. The van der Waals surface area contributed by atoms with Gasteiger partial charge in [-0.2, -0.15) is 5.10 Å². The van der Waals surface area contributed by atoms with Crippen molar-refractivity contribution < 1.29 is 4.79 Å². The van der Waals surface area contributed by atoms with Gasteiger partial charge in [-0.25, -0.2) is 9.97 Å². The number of aromatic amines is 2. The molecule has 6 heterocycles. The minimum absolute atomic E-state index is 0.108. The lowest BCUT2D eigenvalue weighted by Crippen LogP contribution is -2.27. The van der Waals surface area contributed by atoms with Gasteiger partial charge in [0.1, 0.15) is 11.2 Å². The minimum atomic E-state index is -0.108. The van der Waals surface area contributed by atoms with Crippen molar-refractivity contribution in [2.24, 2.45) is 0 Å². The molecule has 0 aromatic carbocycles. The molecule has 6 aromatic heterocycles. The van der Waals surface area contributed by atoms with Crippen molar-refractivity contribution in [3.8, 4) is 28.3 Å². The molecular formula is C26H24N10O. The normalized spacial score (nSPS) is 11.6. The van der Waals surface area contributed by atoms with Gasteiger partial charge in [0.15, 0.2) is 0 Å². The highest BCUT2D eigenvalue weighted by Gasteiger charge is 2.16. The molecule has 1 amide bonds. The molecule has 3 N–H and O–H groups in total. The number of anilines is 1. The second kappa shape index (κ2) is 8.95. The molecule has 0 aliphatic carbocycles. The van der Waals surface area contributed by atoms with Crippen LogP contribution in [0.15, 0.2) is 61.6 Å². The fourth-order valence-corrected chi connectivity index (χ4v) is 4.31. The van der Waals surface area contributed by atoms with Gasteiger partial charge in [0.05, 0.1) is 71.0 Å². The number of H-pyrrole nitrogens is 2. The number of amides is 1. The van der Waals surface area contributed by atoms with Crippen LogP contribution in [0.1, 0.15) is 5.69 Å². The third kappa shape index (κ3) is 4.32. The lowest BCUT2D eigenvalue weighted by atomic mass is 10.1. The summed E-state index contributed by atoms with van der Waals surface area (Å²) in [6.45, 7) is 2.24. The molecule has 11 heteroatoms. The summed E-state index contributed by atoms with van der Waals surface area (Å²) >= 11 is 0. The highest BCUT2D eigenvalue weighted by molar-refractivity contribution is 5.97. The first-order chi connectivity index (χ1) is 17.9. The SMILES string of the molecule is Cc1cn(-c2cncc3[nH]c(-c4n[nH]c5ccc(-c6cncc(NC(=O)CN(C)C)c6)nc45)cc23)cn1. The van der Waals surface area contributed by atoms with Gasteiger partial charge in [0, 0.05) is 23.3 Å². The van der Waals surface area contributed by atoms with Crippen molar-refractivity contribution >= 4 is 33.5 Å². The predicted octanol–water partition coefficient (Wildman–Crippen LogP) is 3.56. The van der Waals surface area contributed by atoms with E-state index in [0.717, 1.165) is 50.3 Å². The average Bonchev–Trinajstić information content (AvgIpc) is 3.60. The van der Waals surface area contributed by atoms with E-state index >= 15 is 0 Å². The molecule has 0 fully saturated rings. The Morgan fingerprint density at radius 1 is 1.08 bits per heavy atom. The lowest BCUT2D eigenvalue weighted by Gasteiger charge is -2.10. The fourth-order valence-electron chi connectivity index (χ4n) is 4.31. The topological polar surface area (TPSA) is 133 Å². The Morgan fingerprint density at radius 2 is 1.95 bits per heavy atom. The highest BCUT2D eigenvalue weighted by atomic mass is 16.2. The molecule has 0 bridgehead atoms. The van der Waals surface area contributed by atoms with Crippen LogP contribution in [0.3, 0.4) is 0 Å². The van der Waals surface area contributed by atoms with E-state index in [0.29, 0.717) is 11.4 Å². The number of imidazole rings is 1. The minimum Gasteiger partial charge on any atom is -0.352 e. The number of nitrogens with zero attached hydrogens (tertiary/aromatic N) is 7. The number of fused-ring (bicyclic) bond motifs is 2. The van der Waals surface area contributed by atoms with Gasteiger partial charge in [-0.15, -0.1) is 0 Å². The van der Waals surface area contributed by atoms with Crippen molar-refractivity contribution in [3.63, 3.8) is 0 Å². The summed E-state index contributed by atoms with van der Waals surface area (Å²) in [4.78, 5) is 35.3. The Bertz CT molecular complexity index is 1760. The Labute approximate surface area is 211 Å². The van der Waals surface area contributed by atoms with Crippen LogP contribution in [0.2, 0.25) is 0 Å². The number of nitrogens with one attached hydrogen (secondary N) is 3. The lowest BCUT2D eigenvalue weighted by molar-refractivity contribution is -0.116. The van der Waals surface area contributed by atoms with Crippen LogP contribution in [0.4, 0.5) is 5.69 Å². The van der Waals surface area contributed by atoms with Crippen LogP contribution in [-0.4, -0.2) is 71.1 Å². The van der Waals surface area contributed by atoms with Gasteiger partial charge >= 0.3 is 0 Å². The first kappa shape index (κ1) is 22.6.